The molecule has 0 spiro atoms. The lowest BCUT2D eigenvalue weighted by Gasteiger charge is -2.15. The second-order valence-corrected chi connectivity index (χ2v) is 6.08. The van der Waals surface area contributed by atoms with E-state index in [0.29, 0.717) is 23.6 Å². The van der Waals surface area contributed by atoms with Crippen LogP contribution in [0.3, 0.4) is 0 Å². The molecular weight excluding hydrogens is 346 g/mol. The molecule has 7 heteroatoms. The number of carbonyl (C=O) groups is 2. The van der Waals surface area contributed by atoms with Crippen LogP contribution in [0, 0.1) is 5.92 Å². The molecule has 2 N–H and O–H groups in total. The van der Waals surface area contributed by atoms with Crippen LogP contribution in [0.25, 0.3) is 0 Å². The van der Waals surface area contributed by atoms with Gasteiger partial charge in [-0.2, -0.15) is 5.10 Å². The van der Waals surface area contributed by atoms with Crippen molar-refractivity contribution >= 4 is 18.0 Å². The highest BCUT2D eigenvalue weighted by molar-refractivity contribution is 6.03. The van der Waals surface area contributed by atoms with E-state index in [4.69, 9.17) is 9.47 Å². The van der Waals surface area contributed by atoms with Crippen LogP contribution in [-0.4, -0.2) is 38.8 Å². The fourth-order valence-corrected chi connectivity index (χ4v) is 3.09. The monoisotopic (exact) mass is 367 g/mol. The summed E-state index contributed by atoms with van der Waals surface area (Å²) in [5, 5.41) is 6.74. The predicted octanol–water partition coefficient (Wildman–Crippen LogP) is 1.68. The molecule has 1 aliphatic rings. The molecule has 2 amide bonds. The number of amides is 2. The molecule has 27 heavy (non-hydrogen) atoms. The van der Waals surface area contributed by atoms with Gasteiger partial charge in [-0.1, -0.05) is 30.3 Å². The number of benzene rings is 2. The molecule has 2 unspecified atom stereocenters. The molecule has 0 saturated carbocycles. The summed E-state index contributed by atoms with van der Waals surface area (Å²) in [6.45, 7) is 0.428. The highest BCUT2D eigenvalue weighted by Gasteiger charge is 2.40. The first-order valence-corrected chi connectivity index (χ1v) is 8.51. The quantitative estimate of drug-likeness (QED) is 0.462. The summed E-state index contributed by atoms with van der Waals surface area (Å²) in [6.07, 6.45) is 1.47. The van der Waals surface area contributed by atoms with E-state index in [1.807, 2.05) is 30.3 Å². The van der Waals surface area contributed by atoms with Gasteiger partial charge in [0, 0.05) is 24.1 Å². The number of hydrogen-bond donors (Lipinski definition) is 2. The molecule has 2 atom stereocenters. The summed E-state index contributed by atoms with van der Waals surface area (Å²) in [4.78, 5) is 24.7. The van der Waals surface area contributed by atoms with Crippen LogP contribution in [-0.2, 0) is 9.59 Å². The summed E-state index contributed by atoms with van der Waals surface area (Å²) in [5.41, 5.74) is 4.08. The minimum atomic E-state index is -0.817. The highest BCUT2D eigenvalue weighted by atomic mass is 16.5. The van der Waals surface area contributed by atoms with Gasteiger partial charge in [-0.25, -0.2) is 5.43 Å². The third-order valence-electron chi connectivity index (χ3n) is 4.51. The van der Waals surface area contributed by atoms with Crippen LogP contribution in [0.15, 0.2) is 53.6 Å². The van der Waals surface area contributed by atoms with Crippen molar-refractivity contribution in [1.29, 1.82) is 0 Å². The Morgan fingerprint density at radius 1 is 1.19 bits per heavy atom. The second kappa shape index (κ2) is 8.35. The summed E-state index contributed by atoms with van der Waals surface area (Å²) < 4.78 is 10.4. The second-order valence-electron chi connectivity index (χ2n) is 6.08. The van der Waals surface area contributed by atoms with E-state index in [9.17, 15) is 9.59 Å². The molecule has 0 radical (unpaired) electrons. The third kappa shape index (κ3) is 4.08. The van der Waals surface area contributed by atoms with E-state index in [2.05, 4.69) is 15.8 Å². The van der Waals surface area contributed by atoms with E-state index in [1.165, 1.54) is 13.3 Å². The first-order chi connectivity index (χ1) is 13.1. The number of carbonyl (C=O) groups excluding carboxylic acids is 2. The standard InChI is InChI=1S/C20H21N3O4/c1-26-15-9-8-14(17(10-15)27-2)11-22-23-20(25)18-16(12-21-19(18)24)13-6-4-3-5-7-13/h3-11,16,18H,12H2,1-2H3,(H,21,24)(H,23,25). The number of methoxy groups -OCH3 is 2. The zero-order chi connectivity index (χ0) is 19.2. The van der Waals surface area contributed by atoms with Gasteiger partial charge < -0.3 is 14.8 Å². The number of hydrazone groups is 1. The van der Waals surface area contributed by atoms with E-state index in [0.717, 1.165) is 5.56 Å². The Hall–Kier alpha value is -3.35. The van der Waals surface area contributed by atoms with Crippen molar-refractivity contribution < 1.29 is 19.1 Å². The number of nitrogens with one attached hydrogen (secondary N) is 2. The van der Waals surface area contributed by atoms with Crippen molar-refractivity contribution in [1.82, 2.24) is 10.7 Å². The summed E-state index contributed by atoms with van der Waals surface area (Å²) in [7, 11) is 3.11. The minimum absolute atomic E-state index is 0.218. The zero-order valence-electron chi connectivity index (χ0n) is 15.1. The van der Waals surface area contributed by atoms with Crippen LogP contribution in [0.5, 0.6) is 11.5 Å². The normalized spacial score (nSPS) is 19.0. The van der Waals surface area contributed by atoms with E-state index in [-0.39, 0.29) is 11.8 Å². The van der Waals surface area contributed by atoms with Gasteiger partial charge in [0.1, 0.15) is 17.4 Å². The molecule has 0 aromatic heterocycles. The Bertz CT molecular complexity index is 852. The lowest BCUT2D eigenvalue weighted by Crippen LogP contribution is -2.34. The van der Waals surface area contributed by atoms with Gasteiger partial charge in [-0.15, -0.1) is 0 Å². The molecule has 1 heterocycles. The average Bonchev–Trinajstić information content (AvgIpc) is 3.10. The number of nitrogens with zero attached hydrogens (tertiary/aromatic N) is 1. The van der Waals surface area contributed by atoms with Crippen LogP contribution >= 0.6 is 0 Å². The molecule has 7 nitrogen and oxygen atoms in total. The van der Waals surface area contributed by atoms with Crippen molar-refractivity contribution in [2.75, 3.05) is 20.8 Å². The predicted molar refractivity (Wildman–Crippen MR) is 101 cm³/mol. The van der Waals surface area contributed by atoms with Gasteiger partial charge in [0.25, 0.3) is 5.91 Å². The maximum Gasteiger partial charge on any atom is 0.253 e. The van der Waals surface area contributed by atoms with Gasteiger partial charge in [0.2, 0.25) is 5.91 Å². The van der Waals surface area contributed by atoms with Crippen molar-refractivity contribution in [2.45, 2.75) is 5.92 Å². The number of rotatable bonds is 6. The summed E-state index contributed by atoms with van der Waals surface area (Å²) in [5.74, 6) is -0.553. The van der Waals surface area contributed by atoms with Gasteiger partial charge in [0.05, 0.1) is 20.4 Å². The molecule has 1 fully saturated rings. The summed E-state index contributed by atoms with van der Waals surface area (Å²) in [6, 6.07) is 14.8. The molecule has 140 valence electrons. The third-order valence-corrected chi connectivity index (χ3v) is 4.51. The molecule has 1 aliphatic heterocycles. The molecule has 0 aliphatic carbocycles. The fourth-order valence-electron chi connectivity index (χ4n) is 3.09. The van der Waals surface area contributed by atoms with Crippen molar-refractivity contribution in [2.24, 2.45) is 11.0 Å². The maximum atomic E-state index is 12.5. The van der Waals surface area contributed by atoms with Crippen molar-refractivity contribution in [3.05, 3.63) is 59.7 Å². The molecule has 1 saturated heterocycles. The smallest absolute Gasteiger partial charge is 0.253 e. The Morgan fingerprint density at radius 3 is 2.67 bits per heavy atom. The first kappa shape index (κ1) is 18.4. The van der Waals surface area contributed by atoms with Crippen LogP contribution < -0.4 is 20.2 Å². The van der Waals surface area contributed by atoms with E-state index < -0.39 is 11.8 Å². The largest absolute Gasteiger partial charge is 0.497 e. The fraction of sp³-hybridized carbons (Fsp3) is 0.250. The SMILES string of the molecule is COc1ccc(C=NNC(=O)C2C(=O)NCC2c2ccccc2)c(OC)c1. The van der Waals surface area contributed by atoms with Crippen molar-refractivity contribution in [3.63, 3.8) is 0 Å². The molecule has 2 aromatic carbocycles. The average molecular weight is 367 g/mol. The molecule has 3 rings (SSSR count). The van der Waals surface area contributed by atoms with Gasteiger partial charge in [-0.3, -0.25) is 9.59 Å². The molecule has 0 bridgehead atoms. The molecular formula is C20H21N3O4. The number of ether oxygens (including phenoxy) is 2. The van der Waals surface area contributed by atoms with Gasteiger partial charge in [-0.05, 0) is 17.7 Å². The lowest BCUT2D eigenvalue weighted by atomic mass is 9.88. The van der Waals surface area contributed by atoms with Gasteiger partial charge in [0.15, 0.2) is 0 Å². The highest BCUT2D eigenvalue weighted by Crippen LogP contribution is 2.29. The molecule has 2 aromatic rings. The summed E-state index contributed by atoms with van der Waals surface area (Å²) >= 11 is 0. The Morgan fingerprint density at radius 2 is 1.96 bits per heavy atom. The minimum Gasteiger partial charge on any atom is -0.497 e. The lowest BCUT2D eigenvalue weighted by molar-refractivity contribution is -0.133. The van der Waals surface area contributed by atoms with Crippen molar-refractivity contribution in [3.8, 4) is 11.5 Å². The van der Waals surface area contributed by atoms with E-state index in [1.54, 1.807) is 25.3 Å². The van der Waals surface area contributed by atoms with Crippen LogP contribution in [0.2, 0.25) is 0 Å². The Labute approximate surface area is 157 Å². The Balaban J connectivity index is 1.71. The van der Waals surface area contributed by atoms with Crippen LogP contribution in [0.4, 0.5) is 0 Å². The van der Waals surface area contributed by atoms with Crippen LogP contribution in [0.1, 0.15) is 17.0 Å². The topological polar surface area (TPSA) is 89.0 Å². The first-order valence-electron chi connectivity index (χ1n) is 8.51. The Kier molecular flexibility index (Phi) is 5.71. The van der Waals surface area contributed by atoms with Gasteiger partial charge >= 0.3 is 0 Å². The van der Waals surface area contributed by atoms with E-state index >= 15 is 0 Å². The number of hydrogen-bond acceptors (Lipinski definition) is 5. The maximum absolute atomic E-state index is 12.5. The zero-order valence-corrected chi connectivity index (χ0v) is 15.1.